The van der Waals surface area contributed by atoms with Crippen LogP contribution in [-0.2, 0) is 24.4 Å². The summed E-state index contributed by atoms with van der Waals surface area (Å²) >= 11 is 0. The Morgan fingerprint density at radius 3 is 2.50 bits per heavy atom. The van der Waals surface area contributed by atoms with E-state index in [0.717, 1.165) is 53.8 Å². The lowest BCUT2D eigenvalue weighted by molar-refractivity contribution is 0.0547. The highest BCUT2D eigenvalue weighted by atomic mass is 16.6. The van der Waals surface area contributed by atoms with Gasteiger partial charge in [-0.05, 0) is 102 Å². The minimum absolute atomic E-state index is 0.105. The Morgan fingerprint density at radius 2 is 1.81 bits per heavy atom. The van der Waals surface area contributed by atoms with Gasteiger partial charge in [0.25, 0.3) is 5.91 Å². The van der Waals surface area contributed by atoms with Crippen molar-refractivity contribution in [1.82, 2.24) is 19.7 Å². The Hall–Kier alpha value is -3.16. The summed E-state index contributed by atoms with van der Waals surface area (Å²) in [6.45, 7) is 9.99. The summed E-state index contributed by atoms with van der Waals surface area (Å²) in [7, 11) is 4.05. The molecule has 190 valence electrons. The van der Waals surface area contributed by atoms with Gasteiger partial charge in [0.15, 0.2) is 0 Å². The van der Waals surface area contributed by atoms with Crippen molar-refractivity contribution in [3.8, 4) is 11.3 Å². The van der Waals surface area contributed by atoms with E-state index in [9.17, 15) is 9.59 Å². The Labute approximate surface area is 213 Å². The van der Waals surface area contributed by atoms with Crippen molar-refractivity contribution < 1.29 is 14.3 Å². The first-order valence-corrected chi connectivity index (χ1v) is 12.8. The third kappa shape index (κ3) is 4.90. The molecule has 7 heteroatoms. The number of likely N-dealkylation sites (tertiary alicyclic amines) is 1. The molecule has 2 aliphatic heterocycles. The maximum Gasteiger partial charge on any atom is 0.419 e. The summed E-state index contributed by atoms with van der Waals surface area (Å²) in [5.41, 5.74) is 5.52. The maximum atomic E-state index is 13.6. The third-order valence-corrected chi connectivity index (χ3v) is 6.77. The number of nitrogens with one attached hydrogen (secondary N) is 1. The molecule has 1 amide bonds. The monoisotopic (exact) mass is 488 g/mol. The molecule has 0 spiro atoms. The number of benzene rings is 2. The summed E-state index contributed by atoms with van der Waals surface area (Å²) in [5.74, 6) is -0.105. The molecule has 0 atom stereocenters. The van der Waals surface area contributed by atoms with E-state index in [0.29, 0.717) is 17.8 Å². The highest BCUT2D eigenvalue weighted by Crippen LogP contribution is 2.36. The van der Waals surface area contributed by atoms with Crippen molar-refractivity contribution in [3.05, 3.63) is 58.7 Å². The van der Waals surface area contributed by atoms with Gasteiger partial charge in [-0.3, -0.25) is 9.69 Å². The van der Waals surface area contributed by atoms with E-state index < -0.39 is 11.7 Å². The number of amides is 1. The fourth-order valence-electron chi connectivity index (χ4n) is 5.36. The molecular weight excluding hydrogens is 452 g/mol. The van der Waals surface area contributed by atoms with Crippen LogP contribution < -0.4 is 5.32 Å². The largest absolute Gasteiger partial charge is 0.443 e. The second-order valence-corrected chi connectivity index (χ2v) is 11.3. The fourth-order valence-corrected chi connectivity index (χ4v) is 5.36. The summed E-state index contributed by atoms with van der Waals surface area (Å²) in [5, 5.41) is 3.93. The van der Waals surface area contributed by atoms with E-state index in [-0.39, 0.29) is 5.91 Å². The van der Waals surface area contributed by atoms with Gasteiger partial charge in [0.05, 0.1) is 16.8 Å². The highest BCUT2D eigenvalue weighted by molar-refractivity contribution is 6.07. The zero-order chi connectivity index (χ0) is 25.6. The van der Waals surface area contributed by atoms with E-state index in [1.54, 1.807) is 4.57 Å². The molecule has 0 unspecified atom stereocenters. The van der Waals surface area contributed by atoms with Gasteiger partial charge in [0.2, 0.25) is 0 Å². The van der Waals surface area contributed by atoms with Gasteiger partial charge in [-0.1, -0.05) is 12.1 Å². The molecule has 0 saturated carbocycles. The molecule has 7 nitrogen and oxygen atoms in total. The van der Waals surface area contributed by atoms with Crippen LogP contribution in [-0.4, -0.2) is 59.2 Å². The number of ether oxygens (including phenoxy) is 1. The normalized spacial score (nSPS) is 16.1. The minimum atomic E-state index is -0.646. The molecule has 1 aromatic heterocycles. The average Bonchev–Trinajstić information content (AvgIpc) is 3.50. The van der Waals surface area contributed by atoms with Crippen LogP contribution >= 0.6 is 0 Å². The first-order valence-electron chi connectivity index (χ1n) is 12.8. The molecule has 0 aliphatic carbocycles. The lowest BCUT2D eigenvalue weighted by atomic mass is 9.96. The van der Waals surface area contributed by atoms with Gasteiger partial charge < -0.3 is 15.0 Å². The zero-order valence-corrected chi connectivity index (χ0v) is 22.0. The van der Waals surface area contributed by atoms with Crippen LogP contribution in [0.3, 0.4) is 0 Å². The molecule has 0 radical (unpaired) electrons. The smallest absolute Gasteiger partial charge is 0.419 e. The predicted molar refractivity (Wildman–Crippen MR) is 142 cm³/mol. The first-order chi connectivity index (χ1) is 17.1. The molecule has 5 rings (SSSR count). The van der Waals surface area contributed by atoms with Crippen LogP contribution in [0.2, 0.25) is 0 Å². The van der Waals surface area contributed by atoms with Crippen molar-refractivity contribution in [2.75, 3.05) is 27.2 Å². The molecule has 1 saturated heterocycles. The Bertz CT molecular complexity index is 1330. The number of aromatic nitrogens is 1. The summed E-state index contributed by atoms with van der Waals surface area (Å²) in [6, 6.07) is 12.5. The molecule has 1 fully saturated rings. The van der Waals surface area contributed by atoms with E-state index in [1.807, 2.05) is 53.1 Å². The van der Waals surface area contributed by atoms with Gasteiger partial charge >= 0.3 is 6.09 Å². The van der Waals surface area contributed by atoms with E-state index in [2.05, 4.69) is 33.3 Å². The number of carbonyl (C=O) groups is 2. The molecule has 0 bridgehead atoms. The summed E-state index contributed by atoms with van der Waals surface area (Å²) in [6.07, 6.45) is 2.06. The van der Waals surface area contributed by atoms with Gasteiger partial charge in [0, 0.05) is 30.6 Å². The summed E-state index contributed by atoms with van der Waals surface area (Å²) < 4.78 is 7.48. The van der Waals surface area contributed by atoms with E-state index in [1.165, 1.54) is 18.4 Å². The number of fused-ring (bicyclic) bond motifs is 2. The third-order valence-electron chi connectivity index (χ3n) is 6.77. The van der Waals surface area contributed by atoms with Gasteiger partial charge in [-0.2, -0.15) is 0 Å². The second kappa shape index (κ2) is 9.37. The van der Waals surface area contributed by atoms with Crippen LogP contribution in [0, 0.1) is 0 Å². The number of carbonyl (C=O) groups excluding carboxylic acids is 2. The lowest BCUT2D eigenvalue weighted by Crippen LogP contribution is -2.27. The molecule has 2 aromatic carbocycles. The minimum Gasteiger partial charge on any atom is -0.443 e. The van der Waals surface area contributed by atoms with Crippen LogP contribution in [0.15, 0.2) is 36.4 Å². The highest BCUT2D eigenvalue weighted by Gasteiger charge is 2.29. The van der Waals surface area contributed by atoms with Crippen LogP contribution in [0.5, 0.6) is 0 Å². The Morgan fingerprint density at radius 1 is 1.06 bits per heavy atom. The van der Waals surface area contributed by atoms with Crippen LogP contribution in [0.25, 0.3) is 22.2 Å². The van der Waals surface area contributed by atoms with E-state index in [4.69, 9.17) is 4.74 Å². The van der Waals surface area contributed by atoms with Crippen molar-refractivity contribution in [2.24, 2.45) is 0 Å². The molecule has 2 aliphatic rings. The van der Waals surface area contributed by atoms with Crippen molar-refractivity contribution in [3.63, 3.8) is 0 Å². The molecule has 3 aromatic rings. The zero-order valence-electron chi connectivity index (χ0n) is 22.0. The Kier molecular flexibility index (Phi) is 6.39. The molecule has 1 N–H and O–H groups in total. The van der Waals surface area contributed by atoms with Gasteiger partial charge in [-0.25, -0.2) is 9.36 Å². The molecule has 3 heterocycles. The van der Waals surface area contributed by atoms with Crippen molar-refractivity contribution in [1.29, 1.82) is 0 Å². The van der Waals surface area contributed by atoms with Crippen molar-refractivity contribution in [2.45, 2.75) is 58.8 Å². The summed E-state index contributed by atoms with van der Waals surface area (Å²) in [4.78, 5) is 31.0. The fraction of sp³-hybridized carbons (Fsp3) is 0.448. The average molecular weight is 489 g/mol. The maximum absolute atomic E-state index is 13.6. The van der Waals surface area contributed by atoms with E-state index >= 15 is 0 Å². The lowest BCUT2D eigenvalue weighted by Gasteiger charge is -2.22. The van der Waals surface area contributed by atoms with Crippen LogP contribution in [0.4, 0.5) is 4.79 Å². The number of nitrogens with zero attached hydrogens (tertiary/aromatic N) is 3. The SMILES string of the molecule is CN(C)Cc1cc2c(c(-c3cc4cc(CN5CCCC5)ccc4n3C(=O)OC(C)(C)C)c1)C(=O)NC2. The van der Waals surface area contributed by atoms with Gasteiger partial charge in [0.1, 0.15) is 5.60 Å². The standard InChI is InChI=1S/C29H36N4O3/c1-29(2,3)36-28(35)33-24-9-8-19(18-32-10-6-7-11-32)12-21(24)15-25(33)23-14-20(17-31(4)5)13-22-16-30-27(34)26(22)23/h8-9,12-15H,6-7,10-11,16-18H2,1-5H3,(H,30,34). The molecular formula is C29H36N4O3. The van der Waals surface area contributed by atoms with Crippen molar-refractivity contribution >= 4 is 22.9 Å². The number of hydrogen-bond acceptors (Lipinski definition) is 5. The van der Waals surface area contributed by atoms with Gasteiger partial charge in [-0.15, -0.1) is 0 Å². The first kappa shape index (κ1) is 24.5. The topological polar surface area (TPSA) is 66.8 Å². The number of rotatable bonds is 5. The Balaban J connectivity index is 1.68. The quantitative estimate of drug-likeness (QED) is 0.548. The van der Waals surface area contributed by atoms with Crippen LogP contribution in [0.1, 0.15) is 60.7 Å². The predicted octanol–water partition coefficient (Wildman–Crippen LogP) is 4.99. The molecule has 36 heavy (non-hydrogen) atoms. The number of hydrogen-bond donors (Lipinski definition) is 1. The second-order valence-electron chi connectivity index (χ2n) is 11.3.